The summed E-state index contributed by atoms with van der Waals surface area (Å²) in [5.41, 5.74) is 1.27. The summed E-state index contributed by atoms with van der Waals surface area (Å²) in [5.74, 6) is -3.21. The Kier molecular flexibility index (Phi) is 5.28. The normalized spacial score (nSPS) is 33.2. The van der Waals surface area contributed by atoms with Crippen molar-refractivity contribution >= 4 is 23.7 Å². The van der Waals surface area contributed by atoms with E-state index in [0.29, 0.717) is 5.57 Å². The highest BCUT2D eigenvalue weighted by atomic mass is 16.6. The zero-order chi connectivity index (χ0) is 21.7. The van der Waals surface area contributed by atoms with Crippen molar-refractivity contribution in [3.8, 4) is 0 Å². The van der Waals surface area contributed by atoms with E-state index in [-0.39, 0.29) is 12.2 Å². The van der Waals surface area contributed by atoms with Crippen molar-refractivity contribution in [2.75, 3.05) is 0 Å². The van der Waals surface area contributed by atoms with Crippen LogP contribution in [0.15, 0.2) is 34.4 Å². The molecule has 0 aromatic carbocycles. The fourth-order valence-electron chi connectivity index (χ4n) is 4.74. The fourth-order valence-corrected chi connectivity index (χ4v) is 4.74. The maximum absolute atomic E-state index is 12.8. The van der Waals surface area contributed by atoms with Gasteiger partial charge in [-0.25, -0.2) is 9.59 Å². The first kappa shape index (κ1) is 21.0. The minimum absolute atomic E-state index is 0.128. The molecule has 1 heterocycles. The lowest BCUT2D eigenvalue weighted by Gasteiger charge is -2.34. The molecule has 0 N–H and O–H groups in total. The molecule has 0 bridgehead atoms. The standard InChI is InChI=1S/C22H26O7/c1-10(2)7-16(25)27-15-9-12(4)17-14(24)8-11(3)18(17)20-19(15)22(6,21(26)28-20)29-13(5)23/h7-8,15,18-20H,9H2,1-6H3/t15-,18-,19+,20+,22-/m0/s1. The average Bonchev–Trinajstić information content (AvgIpc) is 2.93. The lowest BCUT2D eigenvalue weighted by Crippen LogP contribution is -2.50. The van der Waals surface area contributed by atoms with Gasteiger partial charge < -0.3 is 14.2 Å². The number of esters is 3. The molecule has 0 aromatic heterocycles. The highest BCUT2D eigenvalue weighted by molar-refractivity contribution is 6.09. The molecule has 0 radical (unpaired) electrons. The van der Waals surface area contributed by atoms with Gasteiger partial charge in [0.1, 0.15) is 12.2 Å². The quantitative estimate of drug-likeness (QED) is 0.407. The van der Waals surface area contributed by atoms with E-state index in [1.54, 1.807) is 19.9 Å². The number of rotatable bonds is 3. The van der Waals surface area contributed by atoms with Crippen LogP contribution in [-0.2, 0) is 33.4 Å². The molecule has 0 spiro atoms. The largest absolute Gasteiger partial charge is 0.458 e. The van der Waals surface area contributed by atoms with Crippen LogP contribution >= 0.6 is 0 Å². The third kappa shape index (κ3) is 3.54. The van der Waals surface area contributed by atoms with Gasteiger partial charge in [0.15, 0.2) is 5.78 Å². The molecule has 3 aliphatic rings. The van der Waals surface area contributed by atoms with E-state index in [4.69, 9.17) is 14.2 Å². The Morgan fingerprint density at radius 3 is 2.45 bits per heavy atom. The molecular formula is C22H26O7. The first-order valence-corrected chi connectivity index (χ1v) is 9.64. The average molecular weight is 402 g/mol. The van der Waals surface area contributed by atoms with Crippen molar-refractivity contribution in [1.29, 1.82) is 0 Å². The van der Waals surface area contributed by atoms with Crippen LogP contribution in [0.3, 0.4) is 0 Å². The van der Waals surface area contributed by atoms with Gasteiger partial charge in [-0.15, -0.1) is 0 Å². The second-order valence-electron chi connectivity index (χ2n) is 8.42. The highest BCUT2D eigenvalue weighted by Gasteiger charge is 2.64. The molecule has 1 aliphatic heterocycles. The second-order valence-corrected chi connectivity index (χ2v) is 8.42. The van der Waals surface area contributed by atoms with Gasteiger partial charge in [0.2, 0.25) is 5.60 Å². The minimum Gasteiger partial charge on any atom is -0.458 e. The van der Waals surface area contributed by atoms with E-state index in [0.717, 1.165) is 16.7 Å². The minimum atomic E-state index is -1.62. The molecule has 0 unspecified atom stereocenters. The molecule has 5 atom stereocenters. The SMILES string of the molecule is CC(=O)O[C@]1(C)C(=O)O[C@@H]2[C@H]3C(C)=CC(=O)C3=C(C)C[C@H](OC(=O)C=C(C)C)[C@H]21. The first-order valence-electron chi connectivity index (χ1n) is 9.64. The maximum Gasteiger partial charge on any atom is 0.351 e. The summed E-state index contributed by atoms with van der Waals surface area (Å²) in [6, 6.07) is 0. The van der Waals surface area contributed by atoms with E-state index in [1.807, 2.05) is 13.8 Å². The van der Waals surface area contributed by atoms with Gasteiger partial charge in [-0.1, -0.05) is 16.7 Å². The van der Waals surface area contributed by atoms with Gasteiger partial charge >= 0.3 is 17.9 Å². The van der Waals surface area contributed by atoms with Crippen molar-refractivity contribution < 1.29 is 33.4 Å². The van der Waals surface area contributed by atoms with E-state index in [9.17, 15) is 19.2 Å². The lowest BCUT2D eigenvalue weighted by molar-refractivity contribution is -0.176. The smallest absolute Gasteiger partial charge is 0.351 e. The highest BCUT2D eigenvalue weighted by Crippen LogP contribution is 2.51. The van der Waals surface area contributed by atoms with Crippen LogP contribution in [0.1, 0.15) is 48.0 Å². The summed E-state index contributed by atoms with van der Waals surface area (Å²) in [5, 5.41) is 0. The van der Waals surface area contributed by atoms with Gasteiger partial charge in [-0.3, -0.25) is 9.59 Å². The molecule has 7 heteroatoms. The summed E-state index contributed by atoms with van der Waals surface area (Å²) < 4.78 is 16.8. The van der Waals surface area contributed by atoms with E-state index >= 15 is 0 Å². The number of fused-ring (bicyclic) bond motifs is 3. The van der Waals surface area contributed by atoms with Gasteiger partial charge in [0, 0.05) is 30.9 Å². The van der Waals surface area contributed by atoms with Crippen molar-refractivity contribution in [3.05, 3.63) is 34.4 Å². The molecule has 1 saturated heterocycles. The summed E-state index contributed by atoms with van der Waals surface area (Å²) in [7, 11) is 0. The molecule has 0 aromatic rings. The van der Waals surface area contributed by atoms with Crippen LogP contribution in [-0.4, -0.2) is 41.5 Å². The third-order valence-electron chi connectivity index (χ3n) is 5.79. The number of hydrogen-bond acceptors (Lipinski definition) is 7. The number of ether oxygens (including phenoxy) is 3. The Bertz CT molecular complexity index is 887. The monoisotopic (exact) mass is 402 g/mol. The molecule has 1 fully saturated rings. The summed E-state index contributed by atoms with van der Waals surface area (Å²) in [6.45, 7) is 9.87. The number of carbonyl (C=O) groups excluding carboxylic acids is 4. The number of carbonyl (C=O) groups is 4. The topological polar surface area (TPSA) is 96.0 Å². The van der Waals surface area contributed by atoms with Crippen molar-refractivity contribution in [1.82, 2.24) is 0 Å². The van der Waals surface area contributed by atoms with Gasteiger partial charge in [-0.2, -0.15) is 0 Å². The molecule has 3 rings (SSSR count). The Balaban J connectivity index is 2.11. The predicted octanol–water partition coefficient (Wildman–Crippen LogP) is 2.59. The van der Waals surface area contributed by atoms with Gasteiger partial charge in [-0.05, 0) is 40.7 Å². The first-order chi connectivity index (χ1) is 13.5. The number of hydrogen-bond donors (Lipinski definition) is 0. The van der Waals surface area contributed by atoms with Crippen LogP contribution in [0, 0.1) is 11.8 Å². The Labute approximate surface area is 169 Å². The fraction of sp³-hybridized carbons (Fsp3) is 0.545. The number of ketones is 1. The van der Waals surface area contributed by atoms with Gasteiger partial charge in [0.25, 0.3) is 0 Å². The van der Waals surface area contributed by atoms with E-state index in [1.165, 1.54) is 19.9 Å². The second kappa shape index (κ2) is 7.28. The van der Waals surface area contributed by atoms with Crippen LogP contribution < -0.4 is 0 Å². The molecule has 0 amide bonds. The predicted molar refractivity (Wildman–Crippen MR) is 102 cm³/mol. The van der Waals surface area contributed by atoms with Crippen LogP contribution in [0.5, 0.6) is 0 Å². The van der Waals surface area contributed by atoms with Gasteiger partial charge in [0.05, 0.1) is 5.92 Å². The van der Waals surface area contributed by atoms with Crippen LogP contribution in [0.25, 0.3) is 0 Å². The van der Waals surface area contributed by atoms with Crippen molar-refractivity contribution in [2.24, 2.45) is 11.8 Å². The molecule has 0 saturated carbocycles. The Hall–Kier alpha value is -2.70. The molecule has 7 nitrogen and oxygen atoms in total. The van der Waals surface area contributed by atoms with Crippen LogP contribution in [0.2, 0.25) is 0 Å². The molecule has 156 valence electrons. The summed E-state index contributed by atoms with van der Waals surface area (Å²) in [4.78, 5) is 49.6. The number of allylic oxidation sites excluding steroid dienone is 2. The zero-order valence-corrected chi connectivity index (χ0v) is 17.5. The Morgan fingerprint density at radius 1 is 1.21 bits per heavy atom. The molecule has 29 heavy (non-hydrogen) atoms. The molecule has 2 aliphatic carbocycles. The van der Waals surface area contributed by atoms with Crippen molar-refractivity contribution in [2.45, 2.75) is 65.8 Å². The van der Waals surface area contributed by atoms with Crippen molar-refractivity contribution in [3.63, 3.8) is 0 Å². The molecular weight excluding hydrogens is 376 g/mol. The zero-order valence-electron chi connectivity index (χ0n) is 17.5. The van der Waals surface area contributed by atoms with E-state index in [2.05, 4.69) is 0 Å². The van der Waals surface area contributed by atoms with Crippen LogP contribution in [0.4, 0.5) is 0 Å². The maximum atomic E-state index is 12.8. The third-order valence-corrected chi connectivity index (χ3v) is 5.79. The summed E-state index contributed by atoms with van der Waals surface area (Å²) >= 11 is 0. The summed E-state index contributed by atoms with van der Waals surface area (Å²) in [6.07, 6.45) is 1.59. The van der Waals surface area contributed by atoms with E-state index < -0.39 is 47.6 Å². The Morgan fingerprint density at radius 2 is 1.86 bits per heavy atom. The lowest BCUT2D eigenvalue weighted by atomic mass is 9.77.